The highest BCUT2D eigenvalue weighted by atomic mass is 16.3. The zero-order valence-corrected chi connectivity index (χ0v) is 24.7. The van der Waals surface area contributed by atoms with E-state index < -0.39 is 5.41 Å². The van der Waals surface area contributed by atoms with E-state index in [4.69, 9.17) is 4.42 Å². The SMILES string of the molecule is CCN1C(=O)C(C)(C)C(=O)N(C)c2cc(CCN(CCn3ccc4occc4c3=O)Cc3cc(C)nn3C)ccc21. The Hall–Kier alpha value is -4.18. The third-order valence-electron chi connectivity index (χ3n) is 8.08. The lowest BCUT2D eigenvalue weighted by atomic mass is 9.90. The predicted octanol–water partition coefficient (Wildman–Crippen LogP) is 3.74. The fourth-order valence-electron chi connectivity index (χ4n) is 5.63. The van der Waals surface area contributed by atoms with Gasteiger partial charge in [-0.1, -0.05) is 6.07 Å². The highest BCUT2D eigenvalue weighted by Gasteiger charge is 2.45. The zero-order chi connectivity index (χ0) is 29.5. The first-order chi connectivity index (χ1) is 19.5. The molecule has 5 rings (SSSR count). The number of carbonyl (C=O) groups is 2. The maximum atomic E-state index is 13.3. The largest absolute Gasteiger partial charge is 0.464 e. The lowest BCUT2D eigenvalue weighted by Crippen LogP contribution is -2.47. The van der Waals surface area contributed by atoms with Crippen LogP contribution in [0.3, 0.4) is 0 Å². The van der Waals surface area contributed by atoms with Crippen LogP contribution in [0.15, 0.2) is 58.1 Å². The number of pyridine rings is 1. The van der Waals surface area contributed by atoms with Gasteiger partial charge in [-0.2, -0.15) is 5.10 Å². The zero-order valence-electron chi connectivity index (χ0n) is 24.7. The number of benzene rings is 1. The maximum absolute atomic E-state index is 13.3. The van der Waals surface area contributed by atoms with Crippen molar-refractivity contribution >= 4 is 34.2 Å². The molecule has 1 aliphatic heterocycles. The summed E-state index contributed by atoms with van der Waals surface area (Å²) < 4.78 is 8.99. The Morgan fingerprint density at radius 1 is 0.976 bits per heavy atom. The number of hydrogen-bond acceptors (Lipinski definition) is 6. The van der Waals surface area contributed by atoms with Crippen LogP contribution < -0.4 is 15.4 Å². The van der Waals surface area contributed by atoms with E-state index in [-0.39, 0.29) is 17.4 Å². The van der Waals surface area contributed by atoms with Crippen molar-refractivity contribution in [1.82, 2.24) is 19.2 Å². The van der Waals surface area contributed by atoms with E-state index >= 15 is 0 Å². The predicted molar refractivity (Wildman–Crippen MR) is 159 cm³/mol. The second kappa shape index (κ2) is 11.0. The Bertz CT molecular complexity index is 1660. The van der Waals surface area contributed by atoms with Crippen LogP contribution in [0.1, 0.15) is 37.7 Å². The van der Waals surface area contributed by atoms with E-state index in [0.717, 1.165) is 41.3 Å². The van der Waals surface area contributed by atoms with Gasteiger partial charge in [0.05, 0.1) is 34.4 Å². The average Bonchev–Trinajstić information content (AvgIpc) is 3.55. The van der Waals surface area contributed by atoms with Crippen molar-refractivity contribution in [3.63, 3.8) is 0 Å². The highest BCUT2D eigenvalue weighted by Crippen LogP contribution is 2.38. The lowest BCUT2D eigenvalue weighted by Gasteiger charge is -2.27. The lowest BCUT2D eigenvalue weighted by molar-refractivity contribution is -0.137. The van der Waals surface area contributed by atoms with Gasteiger partial charge in [0.1, 0.15) is 11.0 Å². The molecule has 0 N–H and O–H groups in total. The van der Waals surface area contributed by atoms with E-state index in [2.05, 4.69) is 16.1 Å². The van der Waals surface area contributed by atoms with E-state index in [9.17, 15) is 14.4 Å². The number of nitrogens with zero attached hydrogens (tertiary/aromatic N) is 6. The second-order valence-corrected chi connectivity index (χ2v) is 11.3. The van der Waals surface area contributed by atoms with Crippen molar-refractivity contribution < 1.29 is 14.0 Å². The first-order valence-electron chi connectivity index (χ1n) is 14.0. The normalized spacial score (nSPS) is 15.2. The van der Waals surface area contributed by atoms with Crippen LogP contribution in [0.25, 0.3) is 11.0 Å². The minimum Gasteiger partial charge on any atom is -0.464 e. The third kappa shape index (κ3) is 5.31. The summed E-state index contributed by atoms with van der Waals surface area (Å²) in [5.74, 6) is -0.407. The standard InChI is InChI=1S/C31H38N6O4/c1-7-37-25-9-8-22(19-26(25)33(5)29(39)31(3,4)30(37)40)10-13-35(20-23-18-21(2)32-34(23)6)15-16-36-14-11-27-24(28(36)38)12-17-41-27/h8-9,11-12,14,17-19H,7,10,13,15-16,20H2,1-6H3. The molecule has 0 unspecified atom stereocenters. The molecule has 3 aromatic heterocycles. The van der Waals surface area contributed by atoms with Crippen LogP contribution in [-0.2, 0) is 36.1 Å². The van der Waals surface area contributed by atoms with Crippen LogP contribution in [-0.4, -0.2) is 57.7 Å². The molecule has 0 saturated heterocycles. The molecule has 0 atom stereocenters. The van der Waals surface area contributed by atoms with Gasteiger partial charge < -0.3 is 18.8 Å². The smallest absolute Gasteiger partial charge is 0.261 e. The van der Waals surface area contributed by atoms with Gasteiger partial charge in [0.2, 0.25) is 11.8 Å². The van der Waals surface area contributed by atoms with Gasteiger partial charge in [0.15, 0.2) is 0 Å². The van der Waals surface area contributed by atoms with Crippen molar-refractivity contribution in [2.75, 3.05) is 36.5 Å². The summed E-state index contributed by atoms with van der Waals surface area (Å²) in [7, 11) is 3.68. The topological polar surface area (TPSA) is 96.8 Å². The molecule has 0 saturated carbocycles. The Kier molecular flexibility index (Phi) is 7.61. The Labute approximate surface area is 239 Å². The minimum atomic E-state index is -1.14. The van der Waals surface area contributed by atoms with Crippen molar-refractivity contribution in [2.24, 2.45) is 12.5 Å². The fraction of sp³-hybridized carbons (Fsp3) is 0.419. The number of furan rings is 1. The molecule has 10 nitrogen and oxygen atoms in total. The monoisotopic (exact) mass is 558 g/mol. The summed E-state index contributed by atoms with van der Waals surface area (Å²) >= 11 is 0. The summed E-state index contributed by atoms with van der Waals surface area (Å²) in [6, 6.07) is 11.6. The van der Waals surface area contributed by atoms with Gasteiger partial charge >= 0.3 is 0 Å². The molecule has 216 valence electrons. The number of anilines is 2. The Balaban J connectivity index is 1.38. The van der Waals surface area contributed by atoms with Crippen LogP contribution >= 0.6 is 0 Å². The molecule has 0 radical (unpaired) electrons. The fourth-order valence-corrected chi connectivity index (χ4v) is 5.63. The molecule has 1 aliphatic rings. The summed E-state index contributed by atoms with van der Waals surface area (Å²) in [6.45, 7) is 10.4. The maximum Gasteiger partial charge on any atom is 0.261 e. The molecule has 2 amide bonds. The van der Waals surface area contributed by atoms with Crippen LogP contribution in [0.2, 0.25) is 0 Å². The molecule has 4 heterocycles. The Morgan fingerprint density at radius 2 is 1.76 bits per heavy atom. The summed E-state index contributed by atoms with van der Waals surface area (Å²) in [5, 5.41) is 5.08. The number of hydrogen-bond donors (Lipinski definition) is 0. The minimum absolute atomic E-state index is 0.0658. The van der Waals surface area contributed by atoms with Crippen molar-refractivity contribution in [1.29, 1.82) is 0 Å². The molecule has 0 fully saturated rings. The van der Waals surface area contributed by atoms with E-state index in [1.54, 1.807) is 47.5 Å². The van der Waals surface area contributed by atoms with Gasteiger partial charge in [-0.05, 0) is 70.0 Å². The first-order valence-corrected chi connectivity index (χ1v) is 14.0. The van der Waals surface area contributed by atoms with Crippen molar-refractivity contribution in [3.8, 4) is 0 Å². The molecule has 4 aromatic rings. The van der Waals surface area contributed by atoms with Gasteiger partial charge in [-0.25, -0.2) is 0 Å². The molecule has 10 heteroatoms. The average molecular weight is 559 g/mol. The number of fused-ring (bicyclic) bond motifs is 2. The number of rotatable bonds is 9. The molecule has 1 aromatic carbocycles. The number of carbonyl (C=O) groups excluding carboxylic acids is 2. The van der Waals surface area contributed by atoms with E-state index in [1.807, 2.05) is 49.8 Å². The van der Waals surface area contributed by atoms with Gasteiger partial charge in [0, 0.05) is 53.0 Å². The number of aromatic nitrogens is 3. The van der Waals surface area contributed by atoms with Crippen molar-refractivity contribution in [2.45, 2.75) is 47.2 Å². The summed E-state index contributed by atoms with van der Waals surface area (Å²) in [6.07, 6.45) is 4.04. The molecular weight excluding hydrogens is 520 g/mol. The molecular formula is C31H38N6O4. The number of amides is 2. The van der Waals surface area contributed by atoms with Gasteiger partial charge in [-0.3, -0.25) is 24.0 Å². The Morgan fingerprint density at radius 3 is 2.46 bits per heavy atom. The molecule has 41 heavy (non-hydrogen) atoms. The quantitative estimate of drug-likeness (QED) is 0.291. The summed E-state index contributed by atoms with van der Waals surface area (Å²) in [5.41, 5.74) is 3.98. The summed E-state index contributed by atoms with van der Waals surface area (Å²) in [4.78, 5) is 45.1. The van der Waals surface area contributed by atoms with Crippen LogP contribution in [0.4, 0.5) is 11.4 Å². The van der Waals surface area contributed by atoms with Crippen LogP contribution in [0.5, 0.6) is 0 Å². The molecule has 0 spiro atoms. The van der Waals surface area contributed by atoms with Gasteiger partial charge in [-0.15, -0.1) is 0 Å². The molecule has 0 bridgehead atoms. The first kappa shape index (κ1) is 28.4. The van der Waals surface area contributed by atoms with Crippen molar-refractivity contribution in [3.05, 3.63) is 76.2 Å². The number of aryl methyl sites for hydroxylation is 2. The highest BCUT2D eigenvalue weighted by molar-refractivity contribution is 6.19. The van der Waals surface area contributed by atoms with Crippen LogP contribution in [0, 0.1) is 12.3 Å². The van der Waals surface area contributed by atoms with E-state index in [1.165, 1.54) is 6.26 Å². The third-order valence-corrected chi connectivity index (χ3v) is 8.08. The van der Waals surface area contributed by atoms with Gasteiger partial charge in [0.25, 0.3) is 5.56 Å². The van der Waals surface area contributed by atoms with E-state index in [0.29, 0.717) is 37.1 Å². The second-order valence-electron chi connectivity index (χ2n) is 11.3. The molecule has 0 aliphatic carbocycles.